The zero-order valence-corrected chi connectivity index (χ0v) is 19.5. The van der Waals surface area contributed by atoms with Gasteiger partial charge in [-0.25, -0.2) is 13.1 Å². The maximum Gasteiger partial charge on any atom is 0.416 e. The number of amides is 2. The van der Waals surface area contributed by atoms with Crippen LogP contribution in [0.15, 0.2) is 54.6 Å². The van der Waals surface area contributed by atoms with Crippen molar-refractivity contribution in [2.75, 3.05) is 13.1 Å². The van der Waals surface area contributed by atoms with Crippen LogP contribution in [0.4, 0.5) is 13.2 Å². The van der Waals surface area contributed by atoms with Crippen molar-refractivity contribution in [2.24, 2.45) is 0 Å². The van der Waals surface area contributed by atoms with E-state index in [4.69, 9.17) is 0 Å². The van der Waals surface area contributed by atoms with Gasteiger partial charge >= 0.3 is 6.18 Å². The van der Waals surface area contributed by atoms with E-state index in [-0.39, 0.29) is 37.4 Å². The molecule has 3 rings (SSSR count). The van der Waals surface area contributed by atoms with Crippen molar-refractivity contribution in [3.8, 4) is 0 Å². The molecule has 0 bridgehead atoms. The first-order valence-corrected chi connectivity index (χ1v) is 12.3. The third-order valence-corrected chi connectivity index (χ3v) is 6.57. The number of hydrogen-bond acceptors (Lipinski definition) is 5. The normalized spacial score (nSPS) is 16.2. The quantitative estimate of drug-likeness (QED) is 0.539. The van der Waals surface area contributed by atoms with E-state index in [1.54, 1.807) is 17.0 Å². The average molecular weight is 511 g/mol. The van der Waals surface area contributed by atoms with E-state index < -0.39 is 21.8 Å². The van der Waals surface area contributed by atoms with E-state index in [1.165, 1.54) is 18.3 Å². The molecule has 0 saturated carbocycles. The second-order valence-electron chi connectivity index (χ2n) is 8.04. The second-order valence-corrected chi connectivity index (χ2v) is 9.75. The Morgan fingerprint density at radius 3 is 2.49 bits per heavy atom. The first-order chi connectivity index (χ1) is 16.5. The summed E-state index contributed by atoms with van der Waals surface area (Å²) in [5.41, 5.74) is 0.501. The molecular formula is C23H25F3N4O4S. The van der Waals surface area contributed by atoms with Gasteiger partial charge in [0.05, 0.1) is 17.5 Å². The van der Waals surface area contributed by atoms with Gasteiger partial charge in [-0.2, -0.15) is 13.2 Å². The van der Waals surface area contributed by atoms with Crippen LogP contribution in [-0.2, 0) is 34.0 Å². The number of rotatable bonds is 9. The lowest BCUT2D eigenvalue weighted by Gasteiger charge is -2.24. The minimum absolute atomic E-state index is 0.0647. The summed E-state index contributed by atoms with van der Waals surface area (Å²) in [6, 6.07) is 7.34. The molecular weight excluding hydrogens is 485 g/mol. The molecule has 0 aliphatic carbocycles. The standard InChI is InChI=1S/C23H25F3N4O4S/c1-2-35(33,34)29-15-20-4-3-11-30(20)22(32)17-7-10-19(27-14-17)12-21(31)28-13-16-5-8-18(9-6-16)23(24,25)26/h2,5-10,14,20,29H,1,3-4,11-13,15H2,(H,28,31)/t20-/m0/s1. The highest BCUT2D eigenvalue weighted by molar-refractivity contribution is 7.92. The van der Waals surface area contributed by atoms with Gasteiger partial charge in [-0.15, -0.1) is 0 Å². The van der Waals surface area contributed by atoms with Gasteiger partial charge in [0, 0.05) is 43.0 Å². The van der Waals surface area contributed by atoms with E-state index in [0.717, 1.165) is 24.0 Å². The fourth-order valence-corrected chi connectivity index (χ4v) is 4.19. The Hall–Kier alpha value is -3.25. The number of likely N-dealkylation sites (tertiary alicyclic amines) is 1. The van der Waals surface area contributed by atoms with Crippen LogP contribution >= 0.6 is 0 Å². The van der Waals surface area contributed by atoms with Crippen molar-refractivity contribution in [1.82, 2.24) is 19.9 Å². The molecule has 1 aromatic heterocycles. The zero-order valence-electron chi connectivity index (χ0n) is 18.7. The number of hydrogen-bond donors (Lipinski definition) is 2. The van der Waals surface area contributed by atoms with Crippen LogP contribution in [0.2, 0.25) is 0 Å². The SMILES string of the molecule is C=CS(=O)(=O)NC[C@@H]1CCCN1C(=O)c1ccc(CC(=O)NCc2ccc(C(F)(F)F)cc2)nc1. The number of aromatic nitrogens is 1. The number of carbonyl (C=O) groups excluding carboxylic acids is 2. The molecule has 188 valence electrons. The number of nitrogens with zero attached hydrogens (tertiary/aromatic N) is 2. The molecule has 0 radical (unpaired) electrons. The Balaban J connectivity index is 1.52. The van der Waals surface area contributed by atoms with Crippen LogP contribution in [-0.4, -0.2) is 49.2 Å². The fraction of sp³-hybridized carbons (Fsp3) is 0.348. The minimum Gasteiger partial charge on any atom is -0.352 e. The maximum atomic E-state index is 12.9. The summed E-state index contributed by atoms with van der Waals surface area (Å²) in [7, 11) is -3.59. The van der Waals surface area contributed by atoms with Crippen LogP contribution < -0.4 is 10.0 Å². The lowest BCUT2D eigenvalue weighted by atomic mass is 10.1. The largest absolute Gasteiger partial charge is 0.416 e. The number of sulfonamides is 1. The molecule has 1 aliphatic rings. The Morgan fingerprint density at radius 1 is 1.17 bits per heavy atom. The van der Waals surface area contributed by atoms with Gasteiger partial charge in [-0.1, -0.05) is 18.7 Å². The molecule has 2 aromatic rings. The fourth-order valence-electron chi connectivity index (χ4n) is 3.65. The van der Waals surface area contributed by atoms with Crippen molar-refractivity contribution < 1.29 is 31.2 Å². The summed E-state index contributed by atoms with van der Waals surface area (Å²) in [4.78, 5) is 30.8. The van der Waals surface area contributed by atoms with Gasteiger partial charge in [0.15, 0.2) is 0 Å². The van der Waals surface area contributed by atoms with Crippen molar-refractivity contribution in [1.29, 1.82) is 0 Å². The highest BCUT2D eigenvalue weighted by Crippen LogP contribution is 2.29. The van der Waals surface area contributed by atoms with E-state index in [1.807, 2.05) is 0 Å². The number of benzene rings is 1. The molecule has 0 unspecified atom stereocenters. The number of pyridine rings is 1. The van der Waals surface area contributed by atoms with Crippen LogP contribution in [0, 0.1) is 0 Å². The van der Waals surface area contributed by atoms with Gasteiger partial charge in [0.1, 0.15) is 0 Å². The number of alkyl halides is 3. The molecule has 2 N–H and O–H groups in total. The molecule has 1 atom stereocenters. The predicted octanol–water partition coefficient (Wildman–Crippen LogP) is 2.63. The third kappa shape index (κ3) is 7.36. The lowest BCUT2D eigenvalue weighted by Crippen LogP contribution is -2.42. The Kier molecular flexibility index (Phi) is 8.28. The van der Waals surface area contributed by atoms with Gasteiger partial charge in [-0.05, 0) is 42.7 Å². The van der Waals surface area contributed by atoms with Crippen LogP contribution in [0.5, 0.6) is 0 Å². The van der Waals surface area contributed by atoms with Crippen LogP contribution in [0.1, 0.15) is 40.0 Å². The highest BCUT2D eigenvalue weighted by Gasteiger charge is 2.31. The number of carbonyl (C=O) groups is 2. The summed E-state index contributed by atoms with van der Waals surface area (Å²) >= 11 is 0. The molecule has 2 amide bonds. The third-order valence-electron chi connectivity index (χ3n) is 5.56. The number of nitrogens with one attached hydrogen (secondary N) is 2. The summed E-state index contributed by atoms with van der Waals surface area (Å²) in [5, 5.41) is 3.44. The number of halogens is 3. The second kappa shape index (κ2) is 11.0. The van der Waals surface area contributed by atoms with Gasteiger partial charge in [-0.3, -0.25) is 14.6 Å². The van der Waals surface area contributed by atoms with E-state index in [0.29, 0.717) is 29.8 Å². The molecule has 1 aliphatic heterocycles. The summed E-state index contributed by atoms with van der Waals surface area (Å²) < 4.78 is 63.4. The van der Waals surface area contributed by atoms with Gasteiger partial charge in [0.2, 0.25) is 15.9 Å². The summed E-state index contributed by atoms with van der Waals surface area (Å²) in [6.07, 6.45) is -1.71. The molecule has 2 heterocycles. The van der Waals surface area contributed by atoms with Crippen molar-refractivity contribution in [3.63, 3.8) is 0 Å². The van der Waals surface area contributed by atoms with E-state index in [9.17, 15) is 31.2 Å². The summed E-state index contributed by atoms with van der Waals surface area (Å²) in [5.74, 6) is -0.651. The predicted molar refractivity (Wildman–Crippen MR) is 122 cm³/mol. The van der Waals surface area contributed by atoms with E-state index >= 15 is 0 Å². The van der Waals surface area contributed by atoms with Gasteiger partial charge in [0.25, 0.3) is 5.91 Å². The lowest BCUT2D eigenvalue weighted by molar-refractivity contribution is -0.137. The molecule has 12 heteroatoms. The molecule has 1 saturated heterocycles. The zero-order chi connectivity index (χ0) is 25.6. The maximum absolute atomic E-state index is 12.9. The topological polar surface area (TPSA) is 108 Å². The van der Waals surface area contributed by atoms with Crippen molar-refractivity contribution in [2.45, 2.75) is 38.0 Å². The molecule has 35 heavy (non-hydrogen) atoms. The summed E-state index contributed by atoms with van der Waals surface area (Å²) in [6.45, 7) is 3.89. The molecule has 0 spiro atoms. The Morgan fingerprint density at radius 2 is 1.89 bits per heavy atom. The monoisotopic (exact) mass is 510 g/mol. The van der Waals surface area contributed by atoms with Crippen LogP contribution in [0.25, 0.3) is 0 Å². The molecule has 1 fully saturated rings. The highest BCUT2D eigenvalue weighted by atomic mass is 32.2. The first kappa shape index (κ1) is 26.4. The average Bonchev–Trinajstić information content (AvgIpc) is 3.30. The van der Waals surface area contributed by atoms with E-state index in [2.05, 4.69) is 21.6 Å². The van der Waals surface area contributed by atoms with Crippen molar-refractivity contribution in [3.05, 3.63) is 77.0 Å². The Bertz CT molecular complexity index is 1170. The smallest absolute Gasteiger partial charge is 0.352 e. The molecule has 1 aromatic carbocycles. The van der Waals surface area contributed by atoms with Gasteiger partial charge < -0.3 is 10.2 Å². The van der Waals surface area contributed by atoms with Crippen molar-refractivity contribution >= 4 is 21.8 Å². The molecule has 8 nitrogen and oxygen atoms in total. The minimum atomic E-state index is -4.42. The first-order valence-electron chi connectivity index (χ1n) is 10.8. The van der Waals surface area contributed by atoms with Crippen LogP contribution in [0.3, 0.4) is 0 Å². The Labute approximate surface area is 201 Å².